The van der Waals surface area contributed by atoms with E-state index in [2.05, 4.69) is 9.97 Å². The third-order valence-corrected chi connectivity index (χ3v) is 2.65. The van der Waals surface area contributed by atoms with E-state index in [1.165, 1.54) is 0 Å². The molecule has 84 valence electrons. The highest BCUT2D eigenvalue weighted by molar-refractivity contribution is 5.62. The molecular weight excluding hydrogens is 214 g/mol. The first-order valence-corrected chi connectivity index (χ1v) is 5.30. The van der Waals surface area contributed by atoms with Gasteiger partial charge in [-0.25, -0.2) is 4.98 Å². The van der Waals surface area contributed by atoms with E-state index in [0.29, 0.717) is 0 Å². The Morgan fingerprint density at radius 2 is 2.00 bits per heavy atom. The van der Waals surface area contributed by atoms with Gasteiger partial charge in [-0.3, -0.25) is 4.98 Å². The van der Waals surface area contributed by atoms with Gasteiger partial charge in [0.25, 0.3) is 0 Å². The number of hydrogen-bond donors (Lipinski definition) is 0. The SMILES string of the molecule is COc1ccc(-c2cn3ccncc3n2)cc1. The van der Waals surface area contributed by atoms with E-state index < -0.39 is 0 Å². The molecule has 0 aliphatic heterocycles. The van der Waals surface area contributed by atoms with Crippen molar-refractivity contribution in [1.82, 2.24) is 14.4 Å². The van der Waals surface area contributed by atoms with Crippen LogP contribution < -0.4 is 4.74 Å². The second-order valence-electron chi connectivity index (χ2n) is 3.70. The second-order valence-corrected chi connectivity index (χ2v) is 3.70. The van der Waals surface area contributed by atoms with Crippen LogP contribution in [-0.2, 0) is 0 Å². The number of rotatable bonds is 2. The van der Waals surface area contributed by atoms with Gasteiger partial charge in [0.05, 0.1) is 19.0 Å². The average molecular weight is 225 g/mol. The van der Waals surface area contributed by atoms with Crippen LogP contribution in [0.5, 0.6) is 5.75 Å². The summed E-state index contributed by atoms with van der Waals surface area (Å²) in [5, 5.41) is 0. The van der Waals surface area contributed by atoms with Gasteiger partial charge in [-0.1, -0.05) is 0 Å². The van der Waals surface area contributed by atoms with Crippen LogP contribution in [0.4, 0.5) is 0 Å². The molecule has 3 rings (SSSR count). The summed E-state index contributed by atoms with van der Waals surface area (Å²) in [5.74, 6) is 0.846. The molecule has 0 aliphatic rings. The predicted octanol–water partition coefficient (Wildman–Crippen LogP) is 2.40. The lowest BCUT2D eigenvalue weighted by molar-refractivity contribution is 0.415. The molecule has 0 saturated heterocycles. The fraction of sp³-hybridized carbons (Fsp3) is 0.0769. The van der Waals surface area contributed by atoms with Gasteiger partial charge in [0.2, 0.25) is 0 Å². The molecule has 0 amide bonds. The molecule has 0 spiro atoms. The molecule has 3 aromatic rings. The highest BCUT2D eigenvalue weighted by atomic mass is 16.5. The van der Waals surface area contributed by atoms with Gasteiger partial charge < -0.3 is 9.14 Å². The van der Waals surface area contributed by atoms with Crippen LogP contribution in [0.25, 0.3) is 16.9 Å². The summed E-state index contributed by atoms with van der Waals surface area (Å²) in [6, 6.07) is 7.84. The van der Waals surface area contributed by atoms with Crippen LogP contribution in [0.1, 0.15) is 0 Å². The Morgan fingerprint density at radius 3 is 2.71 bits per heavy atom. The standard InChI is InChI=1S/C13H11N3O/c1-17-11-4-2-10(3-5-11)12-9-16-7-6-14-8-13(16)15-12/h2-9H,1H3. The summed E-state index contributed by atoms with van der Waals surface area (Å²) in [6.45, 7) is 0. The lowest BCUT2D eigenvalue weighted by Crippen LogP contribution is -1.82. The predicted molar refractivity (Wildman–Crippen MR) is 65.0 cm³/mol. The van der Waals surface area contributed by atoms with Crippen LogP contribution in [0.3, 0.4) is 0 Å². The van der Waals surface area contributed by atoms with Crippen LogP contribution >= 0.6 is 0 Å². The number of hydrogen-bond acceptors (Lipinski definition) is 3. The molecule has 0 bridgehead atoms. The van der Waals surface area contributed by atoms with Crippen molar-refractivity contribution >= 4 is 5.65 Å². The van der Waals surface area contributed by atoms with Crippen molar-refractivity contribution in [2.24, 2.45) is 0 Å². The topological polar surface area (TPSA) is 39.4 Å². The highest BCUT2D eigenvalue weighted by Crippen LogP contribution is 2.21. The van der Waals surface area contributed by atoms with E-state index >= 15 is 0 Å². The molecule has 0 atom stereocenters. The van der Waals surface area contributed by atoms with Gasteiger partial charge in [-0.2, -0.15) is 0 Å². The van der Waals surface area contributed by atoms with Crippen LogP contribution in [0, 0.1) is 0 Å². The number of benzene rings is 1. The van der Waals surface area contributed by atoms with E-state index in [9.17, 15) is 0 Å². The Bertz CT molecular complexity index is 610. The van der Waals surface area contributed by atoms with Crippen molar-refractivity contribution in [2.75, 3.05) is 7.11 Å². The summed E-state index contributed by atoms with van der Waals surface area (Å²) in [6.07, 6.45) is 7.35. The molecule has 1 aromatic carbocycles. The Hall–Kier alpha value is -2.36. The van der Waals surface area contributed by atoms with Crippen molar-refractivity contribution in [3.05, 3.63) is 49.1 Å². The van der Waals surface area contributed by atoms with Crippen molar-refractivity contribution < 1.29 is 4.74 Å². The Labute approximate surface area is 98.5 Å². The van der Waals surface area contributed by atoms with E-state index in [1.807, 2.05) is 41.1 Å². The van der Waals surface area contributed by atoms with Gasteiger partial charge in [0.15, 0.2) is 5.65 Å². The van der Waals surface area contributed by atoms with Gasteiger partial charge in [-0.15, -0.1) is 0 Å². The zero-order chi connectivity index (χ0) is 11.7. The summed E-state index contributed by atoms with van der Waals surface area (Å²) in [4.78, 5) is 8.54. The molecular formula is C13H11N3O. The van der Waals surface area contributed by atoms with E-state index in [0.717, 1.165) is 22.7 Å². The van der Waals surface area contributed by atoms with E-state index in [-0.39, 0.29) is 0 Å². The second kappa shape index (κ2) is 3.90. The molecule has 0 unspecified atom stereocenters. The zero-order valence-electron chi connectivity index (χ0n) is 9.37. The molecule has 17 heavy (non-hydrogen) atoms. The molecule has 0 saturated carbocycles. The van der Waals surface area contributed by atoms with Gasteiger partial charge in [0, 0.05) is 24.2 Å². The smallest absolute Gasteiger partial charge is 0.155 e. The van der Waals surface area contributed by atoms with Gasteiger partial charge in [-0.05, 0) is 24.3 Å². The minimum Gasteiger partial charge on any atom is -0.497 e. The first kappa shape index (κ1) is 9.84. The Kier molecular flexibility index (Phi) is 2.26. The summed E-state index contributed by atoms with van der Waals surface area (Å²) < 4.78 is 7.08. The molecule has 0 N–H and O–H groups in total. The molecule has 2 aromatic heterocycles. The maximum atomic E-state index is 5.13. The molecule has 0 fully saturated rings. The summed E-state index contributed by atoms with van der Waals surface area (Å²) >= 11 is 0. The summed E-state index contributed by atoms with van der Waals surface area (Å²) in [5.41, 5.74) is 2.84. The number of nitrogens with zero attached hydrogens (tertiary/aromatic N) is 3. The molecule has 4 nitrogen and oxygen atoms in total. The molecule has 2 heterocycles. The van der Waals surface area contributed by atoms with Crippen molar-refractivity contribution in [3.8, 4) is 17.0 Å². The fourth-order valence-corrected chi connectivity index (χ4v) is 1.74. The summed E-state index contributed by atoms with van der Waals surface area (Å²) in [7, 11) is 1.66. The third-order valence-electron chi connectivity index (χ3n) is 2.65. The highest BCUT2D eigenvalue weighted by Gasteiger charge is 2.03. The van der Waals surface area contributed by atoms with Crippen molar-refractivity contribution in [3.63, 3.8) is 0 Å². The molecule has 0 radical (unpaired) electrons. The molecule has 4 heteroatoms. The maximum Gasteiger partial charge on any atom is 0.155 e. The lowest BCUT2D eigenvalue weighted by Gasteiger charge is -1.99. The largest absolute Gasteiger partial charge is 0.497 e. The van der Waals surface area contributed by atoms with E-state index in [1.54, 1.807) is 19.5 Å². The monoisotopic (exact) mass is 225 g/mol. The third kappa shape index (κ3) is 1.73. The Morgan fingerprint density at radius 1 is 1.18 bits per heavy atom. The van der Waals surface area contributed by atoms with Crippen LogP contribution in [-0.4, -0.2) is 21.5 Å². The minimum absolute atomic E-state index is 0.846. The number of methoxy groups -OCH3 is 1. The van der Waals surface area contributed by atoms with Crippen molar-refractivity contribution in [1.29, 1.82) is 0 Å². The number of aromatic nitrogens is 3. The van der Waals surface area contributed by atoms with E-state index in [4.69, 9.17) is 4.74 Å². The van der Waals surface area contributed by atoms with Crippen LogP contribution in [0.2, 0.25) is 0 Å². The van der Waals surface area contributed by atoms with Gasteiger partial charge in [0.1, 0.15) is 5.75 Å². The number of imidazole rings is 1. The zero-order valence-corrected chi connectivity index (χ0v) is 9.37. The lowest BCUT2D eigenvalue weighted by atomic mass is 10.2. The number of fused-ring (bicyclic) bond motifs is 1. The normalized spacial score (nSPS) is 10.6. The number of ether oxygens (including phenoxy) is 1. The first-order chi connectivity index (χ1) is 8.36. The molecule has 0 aliphatic carbocycles. The fourth-order valence-electron chi connectivity index (χ4n) is 1.74. The maximum absolute atomic E-state index is 5.13. The average Bonchev–Trinajstić information content (AvgIpc) is 2.82. The van der Waals surface area contributed by atoms with Crippen LogP contribution in [0.15, 0.2) is 49.1 Å². The van der Waals surface area contributed by atoms with Gasteiger partial charge >= 0.3 is 0 Å². The first-order valence-electron chi connectivity index (χ1n) is 5.30. The minimum atomic E-state index is 0.846. The quantitative estimate of drug-likeness (QED) is 0.672. The van der Waals surface area contributed by atoms with Crippen molar-refractivity contribution in [2.45, 2.75) is 0 Å². The Balaban J connectivity index is 2.07.